The van der Waals surface area contributed by atoms with Crippen molar-refractivity contribution in [1.82, 2.24) is 4.98 Å². The number of hydrogen-bond acceptors (Lipinski definition) is 5. The smallest absolute Gasteiger partial charge is 0.270 e. The van der Waals surface area contributed by atoms with E-state index >= 15 is 0 Å². The number of aryl methyl sites for hydroxylation is 1. The molecule has 2 aromatic carbocycles. The van der Waals surface area contributed by atoms with Crippen molar-refractivity contribution in [1.29, 1.82) is 0 Å². The van der Waals surface area contributed by atoms with Crippen molar-refractivity contribution in [2.75, 3.05) is 5.32 Å². The lowest BCUT2D eigenvalue weighted by Gasteiger charge is -2.04. The van der Waals surface area contributed by atoms with Crippen LogP contribution >= 0.6 is 22.9 Å². The fraction of sp³-hybridized carbons (Fsp3) is 0.0588. The minimum Gasteiger partial charge on any atom is -0.298 e. The van der Waals surface area contributed by atoms with Crippen molar-refractivity contribution >= 4 is 39.7 Å². The third-order valence-electron chi connectivity index (χ3n) is 3.51. The first-order chi connectivity index (χ1) is 11.9. The van der Waals surface area contributed by atoms with Crippen LogP contribution in [-0.4, -0.2) is 15.8 Å². The molecule has 0 aliphatic heterocycles. The summed E-state index contributed by atoms with van der Waals surface area (Å²) in [5, 5.41) is 16.2. The summed E-state index contributed by atoms with van der Waals surface area (Å²) >= 11 is 7.28. The van der Waals surface area contributed by atoms with Gasteiger partial charge in [0.25, 0.3) is 11.6 Å². The molecule has 0 aliphatic carbocycles. The minimum atomic E-state index is -0.459. The van der Waals surface area contributed by atoms with Gasteiger partial charge < -0.3 is 0 Å². The number of hydrogen-bond donors (Lipinski definition) is 1. The third kappa shape index (κ3) is 3.84. The first-order valence-corrected chi connectivity index (χ1v) is 8.47. The molecule has 0 fully saturated rings. The molecule has 25 heavy (non-hydrogen) atoms. The number of nitrogens with zero attached hydrogens (tertiary/aromatic N) is 2. The predicted octanol–water partition coefficient (Wildman–Crippen LogP) is 4.93. The molecule has 1 amide bonds. The molecule has 1 N–H and O–H groups in total. The molecule has 1 heterocycles. The van der Waals surface area contributed by atoms with E-state index in [2.05, 4.69) is 10.3 Å². The Kier molecular flexibility index (Phi) is 4.78. The Morgan fingerprint density at radius 3 is 2.80 bits per heavy atom. The van der Waals surface area contributed by atoms with E-state index in [1.165, 1.54) is 23.5 Å². The van der Waals surface area contributed by atoms with Crippen LogP contribution in [0, 0.1) is 17.0 Å². The Hall–Kier alpha value is -2.77. The van der Waals surface area contributed by atoms with Gasteiger partial charge in [-0.3, -0.25) is 20.2 Å². The molecule has 3 rings (SSSR count). The van der Waals surface area contributed by atoms with E-state index in [1.54, 1.807) is 35.7 Å². The lowest BCUT2D eigenvalue weighted by atomic mass is 10.1. The van der Waals surface area contributed by atoms with Gasteiger partial charge in [0.1, 0.15) is 0 Å². The number of aromatic nitrogens is 1. The van der Waals surface area contributed by atoms with Gasteiger partial charge in [0.2, 0.25) is 0 Å². The van der Waals surface area contributed by atoms with Crippen molar-refractivity contribution in [3.8, 4) is 11.3 Å². The fourth-order valence-electron chi connectivity index (χ4n) is 2.15. The Bertz CT molecular complexity index is 971. The average Bonchev–Trinajstić information content (AvgIpc) is 3.06. The van der Waals surface area contributed by atoms with E-state index in [-0.39, 0.29) is 11.6 Å². The number of nitro groups is 1. The molecule has 8 heteroatoms. The fourth-order valence-corrected chi connectivity index (χ4v) is 3.04. The highest BCUT2D eigenvalue weighted by atomic mass is 35.5. The Balaban J connectivity index is 1.79. The zero-order chi connectivity index (χ0) is 18.0. The van der Waals surface area contributed by atoms with Gasteiger partial charge >= 0.3 is 0 Å². The van der Waals surface area contributed by atoms with Gasteiger partial charge in [0, 0.05) is 33.7 Å². The number of non-ortho nitro benzene ring substituents is 1. The van der Waals surface area contributed by atoms with Crippen LogP contribution in [0.2, 0.25) is 5.02 Å². The maximum absolute atomic E-state index is 12.3. The van der Waals surface area contributed by atoms with Gasteiger partial charge in [0.15, 0.2) is 5.13 Å². The van der Waals surface area contributed by atoms with Crippen LogP contribution < -0.4 is 5.32 Å². The summed E-state index contributed by atoms with van der Waals surface area (Å²) < 4.78 is 0. The van der Waals surface area contributed by atoms with Gasteiger partial charge in [-0.05, 0) is 24.6 Å². The van der Waals surface area contributed by atoms with E-state index in [1.807, 2.05) is 6.92 Å². The number of benzene rings is 2. The number of halogens is 1. The quantitative estimate of drug-likeness (QED) is 0.518. The van der Waals surface area contributed by atoms with Crippen LogP contribution in [0.5, 0.6) is 0 Å². The molecule has 0 saturated carbocycles. The van der Waals surface area contributed by atoms with E-state index in [4.69, 9.17) is 11.6 Å². The molecular formula is C17H12ClN3O3S. The van der Waals surface area contributed by atoms with Gasteiger partial charge in [-0.2, -0.15) is 0 Å². The summed E-state index contributed by atoms with van der Waals surface area (Å²) in [6.45, 7) is 1.86. The number of amides is 1. The summed E-state index contributed by atoms with van der Waals surface area (Å²) in [6.07, 6.45) is 0. The number of carbonyl (C=O) groups excluding carboxylic acids is 1. The largest absolute Gasteiger partial charge is 0.298 e. The van der Waals surface area contributed by atoms with Crippen LogP contribution in [0.3, 0.4) is 0 Å². The second kappa shape index (κ2) is 7.00. The molecule has 0 saturated heterocycles. The van der Waals surface area contributed by atoms with E-state index in [9.17, 15) is 14.9 Å². The molecule has 6 nitrogen and oxygen atoms in total. The third-order valence-corrected chi connectivity index (χ3v) is 4.68. The normalized spacial score (nSPS) is 10.5. The molecule has 0 bridgehead atoms. The summed E-state index contributed by atoms with van der Waals surface area (Å²) in [4.78, 5) is 27.0. The zero-order valence-electron chi connectivity index (χ0n) is 13.0. The Morgan fingerprint density at radius 2 is 2.08 bits per heavy atom. The number of rotatable bonds is 4. The van der Waals surface area contributed by atoms with Crippen LogP contribution in [0.25, 0.3) is 11.3 Å². The highest BCUT2D eigenvalue weighted by molar-refractivity contribution is 7.14. The van der Waals surface area contributed by atoms with Gasteiger partial charge in [-0.1, -0.05) is 29.8 Å². The first-order valence-electron chi connectivity index (χ1n) is 7.22. The number of carbonyl (C=O) groups is 1. The van der Waals surface area contributed by atoms with E-state index in [0.717, 1.165) is 5.56 Å². The van der Waals surface area contributed by atoms with Crippen LogP contribution in [0.15, 0.2) is 47.8 Å². The summed E-state index contributed by atoms with van der Waals surface area (Å²) in [5.74, 6) is -0.318. The van der Waals surface area contributed by atoms with Gasteiger partial charge in [-0.25, -0.2) is 4.98 Å². The monoisotopic (exact) mass is 373 g/mol. The van der Waals surface area contributed by atoms with Gasteiger partial charge in [0.05, 0.1) is 10.6 Å². The van der Waals surface area contributed by atoms with E-state index < -0.39 is 4.92 Å². The Morgan fingerprint density at radius 1 is 1.28 bits per heavy atom. The number of nitrogens with one attached hydrogen (secondary N) is 1. The first kappa shape index (κ1) is 17.1. The number of thiazole rings is 1. The number of nitro benzene ring substituents is 1. The topological polar surface area (TPSA) is 85.1 Å². The van der Waals surface area contributed by atoms with Crippen molar-refractivity contribution in [3.63, 3.8) is 0 Å². The molecular weight excluding hydrogens is 362 g/mol. The highest BCUT2D eigenvalue weighted by Gasteiger charge is 2.13. The second-order valence-corrected chi connectivity index (χ2v) is 6.53. The van der Waals surface area contributed by atoms with Crippen LogP contribution in [-0.2, 0) is 0 Å². The molecule has 0 radical (unpaired) electrons. The number of anilines is 1. The summed E-state index contributed by atoms with van der Waals surface area (Å²) in [5.41, 5.74) is 2.49. The van der Waals surface area contributed by atoms with Crippen molar-refractivity contribution in [2.45, 2.75) is 6.92 Å². The predicted molar refractivity (Wildman–Crippen MR) is 98.3 cm³/mol. The lowest BCUT2D eigenvalue weighted by molar-refractivity contribution is -0.384. The highest BCUT2D eigenvalue weighted by Crippen LogP contribution is 2.28. The standard InChI is InChI=1S/C17H12ClN3O3S/c1-10-5-6-12(8-14(10)18)16(22)20-17-19-15(9-25-17)11-3-2-4-13(7-11)21(23)24/h2-9H,1H3,(H,19,20,22). The summed E-state index contributed by atoms with van der Waals surface area (Å²) in [6, 6.07) is 11.2. The van der Waals surface area contributed by atoms with Crippen molar-refractivity contribution < 1.29 is 9.72 Å². The molecule has 126 valence electrons. The molecule has 0 unspecified atom stereocenters. The van der Waals surface area contributed by atoms with E-state index in [0.29, 0.717) is 27.0 Å². The maximum atomic E-state index is 12.3. The SMILES string of the molecule is Cc1ccc(C(=O)Nc2nc(-c3cccc([N+](=O)[O-])c3)cs2)cc1Cl. The molecule has 0 atom stereocenters. The van der Waals surface area contributed by atoms with Crippen molar-refractivity contribution in [2.24, 2.45) is 0 Å². The minimum absolute atomic E-state index is 0.00890. The van der Waals surface area contributed by atoms with Crippen LogP contribution in [0.1, 0.15) is 15.9 Å². The average molecular weight is 374 g/mol. The maximum Gasteiger partial charge on any atom is 0.270 e. The molecule has 0 spiro atoms. The second-order valence-electron chi connectivity index (χ2n) is 5.26. The van der Waals surface area contributed by atoms with Crippen molar-refractivity contribution in [3.05, 3.63) is 74.1 Å². The van der Waals surface area contributed by atoms with Gasteiger partial charge in [-0.15, -0.1) is 11.3 Å². The molecule has 1 aromatic heterocycles. The Labute approximate surface area is 152 Å². The summed E-state index contributed by atoms with van der Waals surface area (Å²) in [7, 11) is 0. The zero-order valence-corrected chi connectivity index (χ0v) is 14.6. The molecule has 3 aromatic rings. The lowest BCUT2D eigenvalue weighted by Crippen LogP contribution is -2.11. The van der Waals surface area contributed by atoms with Crippen LogP contribution in [0.4, 0.5) is 10.8 Å². The molecule has 0 aliphatic rings.